The van der Waals surface area contributed by atoms with Crippen molar-refractivity contribution in [2.45, 2.75) is 46.7 Å². The molecule has 0 amide bonds. The Bertz CT molecular complexity index is 379. The summed E-state index contributed by atoms with van der Waals surface area (Å²) in [4.78, 5) is 15.1. The third kappa shape index (κ3) is 3.76. The molecule has 5 heteroatoms. The number of aryl methyl sites for hydroxylation is 1. The highest BCUT2D eigenvalue weighted by molar-refractivity contribution is 5.68. The number of rotatable bonds is 5. The van der Waals surface area contributed by atoms with E-state index in [1.807, 2.05) is 38.5 Å². The Hall–Kier alpha value is -1.52. The van der Waals surface area contributed by atoms with Crippen LogP contribution in [0, 0.1) is 5.41 Å². The number of hydrogen-bond donors (Lipinski definition) is 2. The van der Waals surface area contributed by atoms with Crippen LogP contribution in [0.15, 0.2) is 12.4 Å². The Kier molecular flexibility index (Phi) is 4.15. The van der Waals surface area contributed by atoms with E-state index in [4.69, 9.17) is 5.11 Å². The molecule has 1 aromatic heterocycles. The Morgan fingerprint density at radius 3 is 2.71 bits per heavy atom. The van der Waals surface area contributed by atoms with Gasteiger partial charge in [-0.3, -0.25) is 4.79 Å². The lowest BCUT2D eigenvalue weighted by molar-refractivity contribution is -0.137. The Balaban J connectivity index is 2.83. The van der Waals surface area contributed by atoms with Crippen LogP contribution in [0.1, 0.15) is 34.1 Å². The molecule has 17 heavy (non-hydrogen) atoms. The molecule has 0 aliphatic heterocycles. The van der Waals surface area contributed by atoms with Gasteiger partial charge < -0.3 is 15.0 Å². The summed E-state index contributed by atoms with van der Waals surface area (Å²) in [6.07, 6.45) is 3.68. The molecule has 0 aromatic carbocycles. The van der Waals surface area contributed by atoms with Gasteiger partial charge in [0.25, 0.3) is 0 Å². The third-order valence-electron chi connectivity index (χ3n) is 2.78. The van der Waals surface area contributed by atoms with E-state index in [2.05, 4.69) is 10.3 Å². The highest BCUT2D eigenvalue weighted by Crippen LogP contribution is 2.25. The van der Waals surface area contributed by atoms with Crippen LogP contribution in [0.4, 0.5) is 5.95 Å². The molecule has 0 spiro atoms. The van der Waals surface area contributed by atoms with Gasteiger partial charge in [-0.2, -0.15) is 0 Å². The van der Waals surface area contributed by atoms with E-state index in [9.17, 15) is 4.79 Å². The van der Waals surface area contributed by atoms with E-state index in [0.717, 1.165) is 12.5 Å². The zero-order valence-corrected chi connectivity index (χ0v) is 10.9. The Morgan fingerprint density at radius 2 is 2.24 bits per heavy atom. The van der Waals surface area contributed by atoms with Crippen LogP contribution in [0.25, 0.3) is 0 Å². The largest absolute Gasteiger partial charge is 0.481 e. The van der Waals surface area contributed by atoms with Gasteiger partial charge in [-0.25, -0.2) is 4.98 Å². The molecule has 0 saturated carbocycles. The minimum atomic E-state index is -0.799. The molecule has 5 nitrogen and oxygen atoms in total. The number of aliphatic carboxylic acids is 1. The second-order valence-corrected chi connectivity index (χ2v) is 5.20. The van der Waals surface area contributed by atoms with Crippen molar-refractivity contribution in [3.05, 3.63) is 12.4 Å². The lowest BCUT2D eigenvalue weighted by Gasteiger charge is -2.30. The first-order valence-electron chi connectivity index (χ1n) is 5.84. The summed E-state index contributed by atoms with van der Waals surface area (Å²) < 4.78 is 1.96. The summed E-state index contributed by atoms with van der Waals surface area (Å²) in [5.41, 5.74) is -0.136. The van der Waals surface area contributed by atoms with Gasteiger partial charge in [-0.05, 0) is 12.3 Å². The lowest BCUT2D eigenvalue weighted by Crippen LogP contribution is -2.37. The molecule has 1 rings (SSSR count). The van der Waals surface area contributed by atoms with Gasteiger partial charge >= 0.3 is 5.97 Å². The minimum absolute atomic E-state index is 0.0834. The zero-order chi connectivity index (χ0) is 13.1. The number of nitrogens with one attached hydrogen (secondary N) is 1. The second kappa shape index (κ2) is 5.21. The van der Waals surface area contributed by atoms with E-state index >= 15 is 0 Å². The monoisotopic (exact) mass is 239 g/mol. The number of carboxylic acid groups (broad SMARTS) is 1. The van der Waals surface area contributed by atoms with Crippen molar-refractivity contribution >= 4 is 11.9 Å². The molecule has 96 valence electrons. The number of nitrogens with zero attached hydrogens (tertiary/aromatic N) is 2. The standard InChI is InChI=1S/C12H21N3O2/c1-5-15-7-6-13-11(15)14-9(8-10(16)17)12(2,3)4/h6-7,9H,5,8H2,1-4H3,(H,13,14)(H,16,17). The summed E-state index contributed by atoms with van der Waals surface area (Å²) in [6, 6.07) is -0.146. The van der Waals surface area contributed by atoms with Crippen molar-refractivity contribution < 1.29 is 9.90 Å². The van der Waals surface area contributed by atoms with Gasteiger partial charge in [0.15, 0.2) is 0 Å². The molecule has 0 radical (unpaired) electrons. The molecule has 1 unspecified atom stereocenters. The first-order chi connectivity index (χ1) is 7.84. The summed E-state index contributed by atoms with van der Waals surface area (Å²) in [5, 5.41) is 12.2. The second-order valence-electron chi connectivity index (χ2n) is 5.20. The first kappa shape index (κ1) is 13.5. The van der Waals surface area contributed by atoms with Gasteiger partial charge in [0.05, 0.1) is 6.42 Å². The molecule has 0 fully saturated rings. The number of imidazole rings is 1. The fraction of sp³-hybridized carbons (Fsp3) is 0.667. The van der Waals surface area contributed by atoms with Gasteiger partial charge in [0, 0.05) is 25.0 Å². The molecule has 1 atom stereocenters. The molecule has 2 N–H and O–H groups in total. The summed E-state index contributed by atoms with van der Waals surface area (Å²) >= 11 is 0. The molecule has 0 aliphatic rings. The van der Waals surface area contributed by atoms with E-state index in [-0.39, 0.29) is 17.9 Å². The van der Waals surface area contributed by atoms with Crippen LogP contribution >= 0.6 is 0 Å². The SMILES string of the molecule is CCn1ccnc1NC(CC(=O)O)C(C)(C)C. The number of carbonyl (C=O) groups is 1. The molecular weight excluding hydrogens is 218 g/mol. The maximum absolute atomic E-state index is 10.9. The van der Waals surface area contributed by atoms with Crippen LogP contribution in [-0.4, -0.2) is 26.7 Å². The van der Waals surface area contributed by atoms with Gasteiger partial charge in [-0.1, -0.05) is 20.8 Å². The van der Waals surface area contributed by atoms with Gasteiger partial charge in [0.2, 0.25) is 5.95 Å². The smallest absolute Gasteiger partial charge is 0.305 e. The first-order valence-corrected chi connectivity index (χ1v) is 5.84. The molecule has 0 saturated heterocycles. The molecular formula is C12H21N3O2. The number of carboxylic acids is 1. The molecule has 0 aliphatic carbocycles. The average molecular weight is 239 g/mol. The third-order valence-corrected chi connectivity index (χ3v) is 2.78. The summed E-state index contributed by atoms with van der Waals surface area (Å²) in [7, 11) is 0. The van der Waals surface area contributed by atoms with Gasteiger partial charge in [-0.15, -0.1) is 0 Å². The fourth-order valence-electron chi connectivity index (χ4n) is 1.61. The predicted octanol–water partition coefficient (Wildman–Crippen LogP) is 2.20. The maximum Gasteiger partial charge on any atom is 0.305 e. The average Bonchev–Trinajstić information content (AvgIpc) is 2.62. The van der Waals surface area contributed by atoms with E-state index in [1.165, 1.54) is 0 Å². The van der Waals surface area contributed by atoms with Crippen molar-refractivity contribution in [1.29, 1.82) is 0 Å². The van der Waals surface area contributed by atoms with E-state index in [1.54, 1.807) is 6.20 Å². The van der Waals surface area contributed by atoms with Crippen LogP contribution in [0.5, 0.6) is 0 Å². The van der Waals surface area contributed by atoms with Gasteiger partial charge in [0.1, 0.15) is 0 Å². The zero-order valence-electron chi connectivity index (χ0n) is 10.9. The van der Waals surface area contributed by atoms with Crippen molar-refractivity contribution in [2.75, 3.05) is 5.32 Å². The van der Waals surface area contributed by atoms with Crippen LogP contribution in [0.3, 0.4) is 0 Å². The van der Waals surface area contributed by atoms with Crippen molar-refractivity contribution in [2.24, 2.45) is 5.41 Å². The highest BCUT2D eigenvalue weighted by atomic mass is 16.4. The van der Waals surface area contributed by atoms with Crippen molar-refractivity contribution in [3.63, 3.8) is 0 Å². The predicted molar refractivity (Wildman–Crippen MR) is 67.0 cm³/mol. The molecule has 1 aromatic rings. The van der Waals surface area contributed by atoms with Crippen LogP contribution in [-0.2, 0) is 11.3 Å². The maximum atomic E-state index is 10.9. The van der Waals surface area contributed by atoms with E-state index < -0.39 is 5.97 Å². The van der Waals surface area contributed by atoms with Crippen LogP contribution < -0.4 is 5.32 Å². The number of hydrogen-bond acceptors (Lipinski definition) is 3. The summed E-state index contributed by atoms with van der Waals surface area (Å²) in [6.45, 7) is 8.90. The number of anilines is 1. The molecule has 0 bridgehead atoms. The Labute approximate surface area is 102 Å². The van der Waals surface area contributed by atoms with E-state index in [0.29, 0.717) is 0 Å². The highest BCUT2D eigenvalue weighted by Gasteiger charge is 2.27. The topological polar surface area (TPSA) is 67.2 Å². The minimum Gasteiger partial charge on any atom is -0.481 e. The quantitative estimate of drug-likeness (QED) is 0.826. The van der Waals surface area contributed by atoms with Crippen molar-refractivity contribution in [3.8, 4) is 0 Å². The van der Waals surface area contributed by atoms with Crippen molar-refractivity contribution in [1.82, 2.24) is 9.55 Å². The lowest BCUT2D eigenvalue weighted by atomic mass is 9.85. The Morgan fingerprint density at radius 1 is 1.59 bits per heavy atom. The molecule has 1 heterocycles. The fourth-order valence-corrected chi connectivity index (χ4v) is 1.61. The summed E-state index contributed by atoms with van der Waals surface area (Å²) in [5.74, 6) is -0.0688. The number of aromatic nitrogens is 2. The normalized spacial score (nSPS) is 13.4. The van der Waals surface area contributed by atoms with Crippen LogP contribution in [0.2, 0.25) is 0 Å².